The van der Waals surface area contributed by atoms with Crippen molar-refractivity contribution in [2.75, 3.05) is 0 Å². The maximum atomic E-state index is 11.8. The van der Waals surface area contributed by atoms with Gasteiger partial charge in [0.05, 0.1) is 4.47 Å². The summed E-state index contributed by atoms with van der Waals surface area (Å²) in [6.45, 7) is 0. The molecule has 1 aromatic rings. The SMILES string of the molecule is O=Cc1cc(OC(F)(F)F)c(Br)cn1. The maximum absolute atomic E-state index is 11.8. The topological polar surface area (TPSA) is 39.2 Å². The van der Waals surface area contributed by atoms with E-state index in [0.717, 1.165) is 12.3 Å². The minimum Gasteiger partial charge on any atom is -0.404 e. The van der Waals surface area contributed by atoms with E-state index in [4.69, 9.17) is 0 Å². The third-order valence-corrected chi connectivity index (χ3v) is 1.78. The fourth-order valence-electron chi connectivity index (χ4n) is 0.703. The molecule has 0 aromatic carbocycles. The second-order valence-electron chi connectivity index (χ2n) is 2.21. The molecule has 0 saturated heterocycles. The minimum atomic E-state index is -4.79. The average molecular weight is 270 g/mol. The molecule has 0 fully saturated rings. The Labute approximate surface area is 85.0 Å². The van der Waals surface area contributed by atoms with Gasteiger partial charge in [-0.25, -0.2) is 0 Å². The van der Waals surface area contributed by atoms with E-state index in [1.54, 1.807) is 0 Å². The van der Waals surface area contributed by atoms with E-state index in [1.165, 1.54) is 0 Å². The first-order chi connectivity index (χ1) is 6.42. The first-order valence-corrected chi connectivity index (χ1v) is 4.08. The van der Waals surface area contributed by atoms with Crippen molar-refractivity contribution in [2.24, 2.45) is 0 Å². The molecular formula is C7H3BrF3NO2. The lowest BCUT2D eigenvalue weighted by molar-refractivity contribution is -0.274. The fraction of sp³-hybridized carbons (Fsp3) is 0.143. The molecule has 7 heteroatoms. The number of hydrogen-bond acceptors (Lipinski definition) is 3. The van der Waals surface area contributed by atoms with E-state index in [1.807, 2.05) is 0 Å². The molecular weight excluding hydrogens is 267 g/mol. The molecule has 1 rings (SSSR count). The van der Waals surface area contributed by atoms with E-state index in [-0.39, 0.29) is 10.2 Å². The van der Waals surface area contributed by atoms with Gasteiger partial charge in [-0.3, -0.25) is 9.78 Å². The Hall–Kier alpha value is -1.11. The number of carbonyl (C=O) groups excluding carboxylic acids is 1. The average Bonchev–Trinajstić information content (AvgIpc) is 2.06. The van der Waals surface area contributed by atoms with E-state index in [9.17, 15) is 18.0 Å². The Morgan fingerprint density at radius 2 is 2.14 bits per heavy atom. The van der Waals surface area contributed by atoms with Gasteiger partial charge in [-0.1, -0.05) is 0 Å². The van der Waals surface area contributed by atoms with Gasteiger partial charge >= 0.3 is 6.36 Å². The predicted octanol–water partition coefficient (Wildman–Crippen LogP) is 2.56. The number of pyridine rings is 1. The van der Waals surface area contributed by atoms with E-state index >= 15 is 0 Å². The van der Waals surface area contributed by atoms with Crippen LogP contribution in [0, 0.1) is 0 Å². The zero-order valence-corrected chi connectivity index (χ0v) is 8.09. The molecule has 0 aliphatic carbocycles. The summed E-state index contributed by atoms with van der Waals surface area (Å²) in [5.74, 6) is -0.491. The molecule has 0 unspecified atom stereocenters. The van der Waals surface area contributed by atoms with Crippen LogP contribution < -0.4 is 4.74 Å². The smallest absolute Gasteiger partial charge is 0.404 e. The van der Waals surface area contributed by atoms with Crippen molar-refractivity contribution in [3.8, 4) is 5.75 Å². The molecule has 1 heterocycles. The second-order valence-corrected chi connectivity index (χ2v) is 3.06. The second kappa shape index (κ2) is 3.95. The van der Waals surface area contributed by atoms with Crippen LogP contribution in [0.15, 0.2) is 16.7 Å². The van der Waals surface area contributed by atoms with E-state index < -0.39 is 12.1 Å². The number of ether oxygens (including phenoxy) is 1. The number of rotatable bonds is 2. The quantitative estimate of drug-likeness (QED) is 0.775. The van der Waals surface area contributed by atoms with Crippen LogP contribution in [-0.2, 0) is 0 Å². The summed E-state index contributed by atoms with van der Waals surface area (Å²) in [6.07, 6.45) is -3.40. The number of aldehydes is 1. The summed E-state index contributed by atoms with van der Waals surface area (Å²) < 4.78 is 39.1. The van der Waals surface area contributed by atoms with Gasteiger partial charge in [0.25, 0.3) is 0 Å². The van der Waals surface area contributed by atoms with Crippen LogP contribution in [0.3, 0.4) is 0 Å². The van der Waals surface area contributed by atoms with E-state index in [2.05, 4.69) is 25.7 Å². The predicted molar refractivity (Wildman–Crippen MR) is 44.0 cm³/mol. The molecule has 0 saturated carbocycles. The third-order valence-electron chi connectivity index (χ3n) is 1.19. The molecule has 0 spiro atoms. The number of alkyl halides is 3. The first kappa shape index (κ1) is 11.0. The Balaban J connectivity index is 3.01. The lowest BCUT2D eigenvalue weighted by Crippen LogP contribution is -2.17. The monoisotopic (exact) mass is 269 g/mol. The Morgan fingerprint density at radius 3 is 2.64 bits per heavy atom. The molecule has 0 atom stereocenters. The molecule has 0 aliphatic rings. The highest BCUT2D eigenvalue weighted by molar-refractivity contribution is 9.10. The van der Waals surface area contributed by atoms with Gasteiger partial charge in [-0.15, -0.1) is 13.2 Å². The number of aromatic nitrogens is 1. The summed E-state index contributed by atoms with van der Waals surface area (Å²) in [4.78, 5) is 13.7. The van der Waals surface area contributed by atoms with Crippen LogP contribution in [-0.4, -0.2) is 17.6 Å². The molecule has 0 bridgehead atoms. The highest BCUT2D eigenvalue weighted by Gasteiger charge is 2.32. The summed E-state index contributed by atoms with van der Waals surface area (Å²) in [5.41, 5.74) is -0.132. The van der Waals surface area contributed by atoms with Crippen molar-refractivity contribution in [1.82, 2.24) is 4.98 Å². The van der Waals surface area contributed by atoms with Crippen LogP contribution in [0.4, 0.5) is 13.2 Å². The summed E-state index contributed by atoms with van der Waals surface area (Å²) in [7, 11) is 0. The molecule has 3 nitrogen and oxygen atoms in total. The van der Waals surface area contributed by atoms with Crippen LogP contribution in [0.5, 0.6) is 5.75 Å². The van der Waals surface area contributed by atoms with Crippen molar-refractivity contribution in [3.63, 3.8) is 0 Å². The summed E-state index contributed by atoms with van der Waals surface area (Å²) in [6, 6.07) is 0.893. The fourth-order valence-corrected chi connectivity index (χ4v) is 1.00. The maximum Gasteiger partial charge on any atom is 0.573 e. The highest BCUT2D eigenvalue weighted by Crippen LogP contribution is 2.29. The zero-order chi connectivity index (χ0) is 10.8. The number of nitrogens with zero attached hydrogens (tertiary/aromatic N) is 1. The molecule has 1 aromatic heterocycles. The molecule has 76 valence electrons. The van der Waals surface area contributed by atoms with Crippen LogP contribution in [0.25, 0.3) is 0 Å². The van der Waals surface area contributed by atoms with Crippen LogP contribution >= 0.6 is 15.9 Å². The van der Waals surface area contributed by atoms with Crippen molar-refractivity contribution in [3.05, 3.63) is 22.4 Å². The van der Waals surface area contributed by atoms with Crippen molar-refractivity contribution < 1.29 is 22.7 Å². The minimum absolute atomic E-state index is 0.0282. The number of hydrogen-bond donors (Lipinski definition) is 0. The lowest BCUT2D eigenvalue weighted by atomic mass is 10.3. The normalized spacial score (nSPS) is 11.1. The van der Waals surface area contributed by atoms with Gasteiger partial charge in [-0.2, -0.15) is 0 Å². The van der Waals surface area contributed by atoms with Gasteiger partial charge < -0.3 is 4.74 Å². The molecule has 0 N–H and O–H groups in total. The van der Waals surface area contributed by atoms with Gasteiger partial charge in [-0.05, 0) is 15.9 Å². The third kappa shape index (κ3) is 2.99. The summed E-state index contributed by atoms with van der Waals surface area (Å²) >= 11 is 2.81. The van der Waals surface area contributed by atoms with E-state index in [0.29, 0.717) is 6.29 Å². The summed E-state index contributed by atoms with van der Waals surface area (Å²) in [5, 5.41) is 0. The van der Waals surface area contributed by atoms with Crippen LogP contribution in [0.2, 0.25) is 0 Å². The van der Waals surface area contributed by atoms with Crippen molar-refractivity contribution >= 4 is 22.2 Å². The number of carbonyl (C=O) groups is 1. The molecule has 0 amide bonds. The Kier molecular flexibility index (Phi) is 3.10. The lowest BCUT2D eigenvalue weighted by Gasteiger charge is -2.09. The van der Waals surface area contributed by atoms with Crippen LogP contribution in [0.1, 0.15) is 10.5 Å². The highest BCUT2D eigenvalue weighted by atomic mass is 79.9. The van der Waals surface area contributed by atoms with Crippen molar-refractivity contribution in [1.29, 1.82) is 0 Å². The Bertz CT molecular complexity index is 353. The molecule has 0 radical (unpaired) electrons. The van der Waals surface area contributed by atoms with Gasteiger partial charge in [0, 0.05) is 12.3 Å². The first-order valence-electron chi connectivity index (χ1n) is 3.29. The van der Waals surface area contributed by atoms with Crippen molar-refractivity contribution in [2.45, 2.75) is 6.36 Å². The zero-order valence-electron chi connectivity index (χ0n) is 6.51. The Morgan fingerprint density at radius 1 is 1.50 bits per heavy atom. The largest absolute Gasteiger partial charge is 0.573 e. The van der Waals surface area contributed by atoms with Gasteiger partial charge in [0.2, 0.25) is 0 Å². The van der Waals surface area contributed by atoms with Gasteiger partial charge in [0.1, 0.15) is 11.4 Å². The molecule has 0 aliphatic heterocycles. The number of halogens is 4. The van der Waals surface area contributed by atoms with Gasteiger partial charge in [0.15, 0.2) is 6.29 Å². The standard InChI is InChI=1S/C7H3BrF3NO2/c8-5-2-12-4(3-13)1-6(5)14-7(9,10)11/h1-3H. The molecule has 14 heavy (non-hydrogen) atoms.